The summed E-state index contributed by atoms with van der Waals surface area (Å²) in [5.74, 6) is -1.57. The number of aromatic nitrogens is 3. The fourth-order valence-electron chi connectivity index (χ4n) is 1.40. The Labute approximate surface area is 102 Å². The highest BCUT2D eigenvalue weighted by Crippen LogP contribution is 2.08. The van der Waals surface area contributed by atoms with Crippen molar-refractivity contribution in [3.8, 4) is 0 Å². The van der Waals surface area contributed by atoms with Gasteiger partial charge in [0.25, 0.3) is 5.91 Å². The highest BCUT2D eigenvalue weighted by Gasteiger charge is 2.14. The SMILES string of the molecule is Cn1cc(NC(=O)c2ccccn2)nc1C(=O)O. The molecule has 2 N–H and O–H groups in total. The van der Waals surface area contributed by atoms with Crippen molar-refractivity contribution in [3.63, 3.8) is 0 Å². The molecule has 7 heteroatoms. The molecule has 1 amide bonds. The minimum absolute atomic E-state index is 0.147. The van der Waals surface area contributed by atoms with E-state index in [1.54, 1.807) is 18.2 Å². The fraction of sp³-hybridized carbons (Fsp3) is 0.0909. The van der Waals surface area contributed by atoms with E-state index in [0.717, 1.165) is 0 Å². The minimum atomic E-state index is -1.16. The normalized spacial score (nSPS) is 10.1. The van der Waals surface area contributed by atoms with Gasteiger partial charge in [-0.15, -0.1) is 0 Å². The third-order valence-corrected chi connectivity index (χ3v) is 2.21. The number of carbonyl (C=O) groups is 2. The first-order valence-electron chi connectivity index (χ1n) is 5.07. The molecule has 0 saturated carbocycles. The highest BCUT2D eigenvalue weighted by molar-refractivity contribution is 6.02. The van der Waals surface area contributed by atoms with Crippen LogP contribution in [0.25, 0.3) is 0 Å². The molecule has 0 saturated heterocycles. The van der Waals surface area contributed by atoms with E-state index in [-0.39, 0.29) is 17.3 Å². The first-order chi connectivity index (χ1) is 8.58. The zero-order chi connectivity index (χ0) is 13.1. The Balaban J connectivity index is 2.18. The van der Waals surface area contributed by atoms with Crippen LogP contribution in [-0.4, -0.2) is 31.5 Å². The van der Waals surface area contributed by atoms with Gasteiger partial charge >= 0.3 is 5.97 Å². The van der Waals surface area contributed by atoms with Crippen LogP contribution in [-0.2, 0) is 7.05 Å². The predicted molar refractivity (Wildman–Crippen MR) is 62.4 cm³/mol. The number of carboxylic acids is 1. The molecule has 0 bridgehead atoms. The zero-order valence-electron chi connectivity index (χ0n) is 9.49. The number of aromatic carboxylic acids is 1. The number of anilines is 1. The monoisotopic (exact) mass is 246 g/mol. The van der Waals surface area contributed by atoms with Crippen LogP contribution in [0.15, 0.2) is 30.6 Å². The molecule has 92 valence electrons. The molecular formula is C11H10N4O3. The lowest BCUT2D eigenvalue weighted by molar-refractivity contribution is 0.0679. The van der Waals surface area contributed by atoms with E-state index >= 15 is 0 Å². The summed E-state index contributed by atoms with van der Waals surface area (Å²) < 4.78 is 1.32. The number of carbonyl (C=O) groups excluding carboxylic acids is 1. The molecule has 2 aromatic rings. The van der Waals surface area contributed by atoms with E-state index < -0.39 is 11.9 Å². The number of nitrogens with zero attached hydrogens (tertiary/aromatic N) is 3. The Morgan fingerprint density at radius 3 is 2.72 bits per heavy atom. The quantitative estimate of drug-likeness (QED) is 0.833. The number of amides is 1. The number of pyridine rings is 1. The summed E-state index contributed by atoms with van der Waals surface area (Å²) in [6.07, 6.45) is 2.92. The van der Waals surface area contributed by atoms with E-state index in [9.17, 15) is 9.59 Å². The lowest BCUT2D eigenvalue weighted by Crippen LogP contribution is -2.13. The fourth-order valence-corrected chi connectivity index (χ4v) is 1.40. The maximum absolute atomic E-state index is 11.7. The van der Waals surface area contributed by atoms with E-state index in [1.807, 2.05) is 0 Å². The molecule has 7 nitrogen and oxygen atoms in total. The van der Waals surface area contributed by atoms with Crippen molar-refractivity contribution in [2.45, 2.75) is 0 Å². The van der Waals surface area contributed by atoms with Crippen LogP contribution in [0, 0.1) is 0 Å². The summed E-state index contributed by atoms with van der Waals surface area (Å²) in [6, 6.07) is 4.93. The van der Waals surface area contributed by atoms with Crippen LogP contribution >= 0.6 is 0 Å². The molecular weight excluding hydrogens is 236 g/mol. The number of rotatable bonds is 3. The van der Waals surface area contributed by atoms with Gasteiger partial charge in [-0.3, -0.25) is 9.78 Å². The highest BCUT2D eigenvalue weighted by atomic mass is 16.4. The van der Waals surface area contributed by atoms with Crippen molar-refractivity contribution in [3.05, 3.63) is 42.1 Å². The number of aryl methyl sites for hydroxylation is 1. The predicted octanol–water partition coefficient (Wildman–Crippen LogP) is 0.766. The second-order valence-electron chi connectivity index (χ2n) is 3.53. The molecule has 0 unspecified atom stereocenters. The summed E-state index contributed by atoms with van der Waals surface area (Å²) >= 11 is 0. The Bertz CT molecular complexity index is 592. The first kappa shape index (κ1) is 11.8. The lowest BCUT2D eigenvalue weighted by atomic mass is 10.3. The van der Waals surface area contributed by atoms with Crippen LogP contribution in [0.3, 0.4) is 0 Å². The average molecular weight is 246 g/mol. The topological polar surface area (TPSA) is 97.1 Å². The molecule has 2 heterocycles. The van der Waals surface area contributed by atoms with Gasteiger partial charge in [-0.05, 0) is 12.1 Å². The molecule has 0 radical (unpaired) electrons. The number of carboxylic acid groups (broad SMARTS) is 1. The zero-order valence-corrected chi connectivity index (χ0v) is 9.49. The van der Waals surface area contributed by atoms with Crippen LogP contribution in [0.2, 0.25) is 0 Å². The standard InChI is InChI=1S/C11H10N4O3/c1-15-6-8(13-9(15)11(17)18)14-10(16)7-4-2-3-5-12-7/h2-6H,1H3,(H,14,16)(H,17,18). The largest absolute Gasteiger partial charge is 0.475 e. The maximum atomic E-state index is 11.7. The van der Waals surface area contributed by atoms with Gasteiger partial charge in [0.2, 0.25) is 5.82 Å². The summed E-state index contributed by atoms with van der Waals surface area (Å²) in [6.45, 7) is 0. The molecule has 0 aromatic carbocycles. The Morgan fingerprint density at radius 1 is 1.39 bits per heavy atom. The molecule has 0 fully saturated rings. The summed E-state index contributed by atoms with van der Waals surface area (Å²) in [4.78, 5) is 30.2. The van der Waals surface area contributed by atoms with Crippen molar-refractivity contribution in [1.82, 2.24) is 14.5 Å². The third-order valence-electron chi connectivity index (χ3n) is 2.21. The first-order valence-corrected chi connectivity index (χ1v) is 5.07. The summed E-state index contributed by atoms with van der Waals surface area (Å²) in [7, 11) is 1.53. The number of imidazole rings is 1. The van der Waals surface area contributed by atoms with E-state index in [0.29, 0.717) is 0 Å². The van der Waals surface area contributed by atoms with E-state index in [2.05, 4.69) is 15.3 Å². The van der Waals surface area contributed by atoms with Gasteiger partial charge in [0, 0.05) is 19.4 Å². The van der Waals surface area contributed by atoms with Crippen LogP contribution < -0.4 is 5.32 Å². The van der Waals surface area contributed by atoms with Gasteiger partial charge in [0.1, 0.15) is 5.69 Å². The molecule has 0 aliphatic heterocycles. The second-order valence-corrected chi connectivity index (χ2v) is 3.53. The smallest absolute Gasteiger partial charge is 0.372 e. The molecule has 0 aliphatic carbocycles. The van der Waals surface area contributed by atoms with Gasteiger partial charge in [0.15, 0.2) is 5.82 Å². The van der Waals surface area contributed by atoms with Crippen molar-refractivity contribution in [2.24, 2.45) is 7.05 Å². The minimum Gasteiger partial charge on any atom is -0.475 e. The molecule has 0 aliphatic rings. The maximum Gasteiger partial charge on any atom is 0.372 e. The Hall–Kier alpha value is -2.70. The lowest BCUT2D eigenvalue weighted by Gasteiger charge is -1.99. The van der Waals surface area contributed by atoms with Crippen LogP contribution in [0.5, 0.6) is 0 Å². The van der Waals surface area contributed by atoms with Crippen molar-refractivity contribution in [1.29, 1.82) is 0 Å². The van der Waals surface area contributed by atoms with Crippen LogP contribution in [0.4, 0.5) is 5.82 Å². The van der Waals surface area contributed by atoms with Gasteiger partial charge in [-0.25, -0.2) is 9.78 Å². The summed E-state index contributed by atoms with van der Waals surface area (Å²) in [5.41, 5.74) is 0.236. The Kier molecular flexibility index (Phi) is 3.05. The number of nitrogens with one attached hydrogen (secondary N) is 1. The van der Waals surface area contributed by atoms with Crippen molar-refractivity contribution in [2.75, 3.05) is 5.32 Å². The molecule has 18 heavy (non-hydrogen) atoms. The van der Waals surface area contributed by atoms with Gasteiger partial charge in [0.05, 0.1) is 0 Å². The van der Waals surface area contributed by atoms with Gasteiger partial charge < -0.3 is 15.0 Å². The number of hydrogen-bond acceptors (Lipinski definition) is 4. The van der Waals surface area contributed by atoms with E-state index in [1.165, 1.54) is 24.0 Å². The number of hydrogen-bond donors (Lipinski definition) is 2. The average Bonchev–Trinajstić information content (AvgIpc) is 2.71. The van der Waals surface area contributed by atoms with Gasteiger partial charge in [-0.1, -0.05) is 6.07 Å². The van der Waals surface area contributed by atoms with Crippen LogP contribution in [0.1, 0.15) is 21.1 Å². The second kappa shape index (κ2) is 4.66. The molecule has 0 atom stereocenters. The molecule has 2 rings (SSSR count). The van der Waals surface area contributed by atoms with Crippen molar-refractivity contribution >= 4 is 17.7 Å². The third kappa shape index (κ3) is 2.34. The molecule has 2 aromatic heterocycles. The summed E-state index contributed by atoms with van der Waals surface area (Å²) in [5, 5.41) is 11.3. The van der Waals surface area contributed by atoms with Crippen molar-refractivity contribution < 1.29 is 14.7 Å². The molecule has 0 spiro atoms. The Morgan fingerprint density at radius 2 is 2.17 bits per heavy atom. The van der Waals surface area contributed by atoms with E-state index in [4.69, 9.17) is 5.11 Å². The van der Waals surface area contributed by atoms with Gasteiger partial charge in [-0.2, -0.15) is 0 Å².